The predicted octanol–water partition coefficient (Wildman–Crippen LogP) is 4.85. The van der Waals surface area contributed by atoms with Gasteiger partial charge in [-0.15, -0.1) is 0 Å². The van der Waals surface area contributed by atoms with Crippen molar-refractivity contribution in [1.82, 2.24) is 24.6 Å². The number of aromatic nitrogens is 3. The average Bonchev–Trinajstić information content (AvgIpc) is 3.32. The van der Waals surface area contributed by atoms with Crippen LogP contribution in [0.15, 0.2) is 84.1 Å². The minimum absolute atomic E-state index is 0.861. The van der Waals surface area contributed by atoms with Gasteiger partial charge in [-0.25, -0.2) is 9.50 Å². The molecule has 6 rings (SSSR count). The number of rotatable bonds is 5. The van der Waals surface area contributed by atoms with Crippen LogP contribution >= 0.6 is 11.9 Å². The molecule has 0 bridgehead atoms. The molecular weight excluding hydrogens is 440 g/mol. The molecule has 2 N–H and O–H groups in total. The highest BCUT2D eigenvalue weighted by molar-refractivity contribution is 7.97. The SMILES string of the molecule is CNSc1cccc2c(-c3cnn4cc(-c5ccc(N6CCNCC6)cc5)cnc34)cccc12. The van der Waals surface area contributed by atoms with Gasteiger partial charge in [0.25, 0.3) is 0 Å². The average molecular weight is 467 g/mol. The molecule has 7 heteroatoms. The summed E-state index contributed by atoms with van der Waals surface area (Å²) in [7, 11) is 1.94. The van der Waals surface area contributed by atoms with Gasteiger partial charge < -0.3 is 10.2 Å². The van der Waals surface area contributed by atoms with Crippen molar-refractivity contribution < 1.29 is 0 Å². The molecular formula is C27H26N6S. The molecule has 1 fully saturated rings. The standard InChI is InChI=1S/C27H26N6S/c1-28-34-26-7-3-5-22-23(4-2-6-24(22)26)25-17-31-33-18-20(16-30-27(25)33)19-8-10-21(11-9-19)32-14-12-29-13-15-32/h2-11,16-18,28-29H,12-15H2,1H3. The molecule has 34 heavy (non-hydrogen) atoms. The Kier molecular flexibility index (Phi) is 5.66. The van der Waals surface area contributed by atoms with Gasteiger partial charge in [-0.05, 0) is 59.1 Å². The summed E-state index contributed by atoms with van der Waals surface area (Å²) in [4.78, 5) is 8.47. The molecule has 0 radical (unpaired) electrons. The lowest BCUT2D eigenvalue weighted by molar-refractivity contribution is 0.589. The number of nitrogens with zero attached hydrogens (tertiary/aromatic N) is 4. The quantitative estimate of drug-likeness (QED) is 0.361. The minimum Gasteiger partial charge on any atom is -0.369 e. The van der Waals surface area contributed by atoms with Crippen molar-refractivity contribution in [3.05, 3.63) is 79.3 Å². The highest BCUT2D eigenvalue weighted by Crippen LogP contribution is 2.35. The molecule has 170 valence electrons. The molecule has 0 unspecified atom stereocenters. The highest BCUT2D eigenvalue weighted by atomic mass is 32.2. The first kappa shape index (κ1) is 21.2. The first-order chi connectivity index (χ1) is 16.8. The lowest BCUT2D eigenvalue weighted by Crippen LogP contribution is -2.43. The van der Waals surface area contributed by atoms with Crippen molar-refractivity contribution in [3.8, 4) is 22.3 Å². The Morgan fingerprint density at radius 1 is 0.853 bits per heavy atom. The molecule has 3 heterocycles. The van der Waals surface area contributed by atoms with Crippen LogP contribution in [0.2, 0.25) is 0 Å². The van der Waals surface area contributed by atoms with Crippen LogP contribution in [0.1, 0.15) is 0 Å². The van der Waals surface area contributed by atoms with Gasteiger partial charge >= 0.3 is 0 Å². The van der Waals surface area contributed by atoms with Crippen molar-refractivity contribution in [3.63, 3.8) is 0 Å². The van der Waals surface area contributed by atoms with E-state index in [9.17, 15) is 0 Å². The molecule has 6 nitrogen and oxygen atoms in total. The molecule has 0 atom stereocenters. The third-order valence-corrected chi connectivity index (χ3v) is 7.20. The van der Waals surface area contributed by atoms with Crippen LogP contribution in [-0.4, -0.2) is 47.8 Å². The Hall–Kier alpha value is -3.39. The third-order valence-electron chi connectivity index (χ3n) is 6.42. The summed E-state index contributed by atoms with van der Waals surface area (Å²) in [5.74, 6) is 0. The normalized spacial score (nSPS) is 14.2. The Bertz CT molecular complexity index is 1450. The Morgan fingerprint density at radius 3 is 2.47 bits per heavy atom. The second-order valence-electron chi connectivity index (χ2n) is 8.42. The fourth-order valence-electron chi connectivity index (χ4n) is 4.72. The van der Waals surface area contributed by atoms with E-state index in [0.717, 1.165) is 54.1 Å². The summed E-state index contributed by atoms with van der Waals surface area (Å²) in [6, 6.07) is 21.6. The molecule has 0 spiro atoms. The lowest BCUT2D eigenvalue weighted by Gasteiger charge is -2.29. The summed E-state index contributed by atoms with van der Waals surface area (Å²) in [5.41, 5.74) is 6.51. The molecule has 0 aliphatic carbocycles. The maximum Gasteiger partial charge on any atom is 0.162 e. The summed E-state index contributed by atoms with van der Waals surface area (Å²) in [6.45, 7) is 4.17. The van der Waals surface area contributed by atoms with Crippen molar-refractivity contribution in [2.45, 2.75) is 4.90 Å². The van der Waals surface area contributed by atoms with E-state index < -0.39 is 0 Å². The zero-order valence-electron chi connectivity index (χ0n) is 19.0. The summed E-state index contributed by atoms with van der Waals surface area (Å²) in [6.07, 6.45) is 5.94. The van der Waals surface area contributed by atoms with Crippen LogP contribution in [0, 0.1) is 0 Å². The molecule has 0 saturated carbocycles. The van der Waals surface area contributed by atoms with Crippen LogP contribution in [0.3, 0.4) is 0 Å². The van der Waals surface area contributed by atoms with Gasteiger partial charge in [0.2, 0.25) is 0 Å². The van der Waals surface area contributed by atoms with Gasteiger partial charge in [0.1, 0.15) is 0 Å². The molecule has 1 saturated heterocycles. The van der Waals surface area contributed by atoms with Crippen LogP contribution in [0.5, 0.6) is 0 Å². The maximum atomic E-state index is 4.84. The zero-order chi connectivity index (χ0) is 22.9. The molecule has 1 aliphatic heterocycles. The van der Waals surface area contributed by atoms with E-state index in [4.69, 9.17) is 4.98 Å². The molecule has 1 aliphatic rings. The van der Waals surface area contributed by atoms with Gasteiger partial charge in [-0.2, -0.15) is 5.10 Å². The van der Waals surface area contributed by atoms with E-state index in [1.54, 1.807) is 11.9 Å². The topological polar surface area (TPSA) is 57.5 Å². The number of hydrogen-bond acceptors (Lipinski definition) is 6. The second kappa shape index (κ2) is 9.10. The first-order valence-electron chi connectivity index (χ1n) is 11.6. The van der Waals surface area contributed by atoms with E-state index in [1.807, 2.05) is 24.0 Å². The second-order valence-corrected chi connectivity index (χ2v) is 9.47. The molecule has 5 aromatic rings. The summed E-state index contributed by atoms with van der Waals surface area (Å²) < 4.78 is 5.07. The molecule has 2 aromatic heterocycles. The highest BCUT2D eigenvalue weighted by Gasteiger charge is 2.14. The number of nitrogens with one attached hydrogen (secondary N) is 2. The van der Waals surface area contributed by atoms with E-state index in [0.29, 0.717) is 0 Å². The van der Waals surface area contributed by atoms with Crippen LogP contribution in [0.25, 0.3) is 38.7 Å². The van der Waals surface area contributed by atoms with Crippen LogP contribution in [0.4, 0.5) is 5.69 Å². The van der Waals surface area contributed by atoms with Crippen LogP contribution < -0.4 is 14.9 Å². The fraction of sp³-hybridized carbons (Fsp3) is 0.185. The van der Waals surface area contributed by atoms with Crippen molar-refractivity contribution in [2.24, 2.45) is 0 Å². The smallest absolute Gasteiger partial charge is 0.162 e. The number of hydrogen-bond donors (Lipinski definition) is 2. The largest absolute Gasteiger partial charge is 0.369 e. The van der Waals surface area contributed by atoms with E-state index in [1.165, 1.54) is 21.4 Å². The molecule has 3 aromatic carbocycles. The van der Waals surface area contributed by atoms with Crippen molar-refractivity contribution >= 4 is 34.1 Å². The lowest BCUT2D eigenvalue weighted by atomic mass is 10.00. The number of anilines is 1. The van der Waals surface area contributed by atoms with E-state index in [2.05, 4.69) is 86.9 Å². The van der Waals surface area contributed by atoms with Crippen molar-refractivity contribution in [2.75, 3.05) is 38.1 Å². The number of fused-ring (bicyclic) bond motifs is 2. The Balaban J connectivity index is 1.35. The number of piperazine rings is 1. The molecule has 0 amide bonds. The third kappa shape index (κ3) is 3.81. The Labute approximate surface area is 203 Å². The van der Waals surface area contributed by atoms with Crippen LogP contribution in [-0.2, 0) is 0 Å². The van der Waals surface area contributed by atoms with Gasteiger partial charge in [-0.3, -0.25) is 4.72 Å². The summed E-state index contributed by atoms with van der Waals surface area (Å²) in [5, 5.41) is 10.5. The Morgan fingerprint density at radius 2 is 1.65 bits per heavy atom. The van der Waals surface area contributed by atoms with E-state index in [-0.39, 0.29) is 0 Å². The zero-order valence-corrected chi connectivity index (χ0v) is 19.8. The fourth-order valence-corrected chi connectivity index (χ4v) is 5.37. The van der Waals surface area contributed by atoms with Crippen molar-refractivity contribution in [1.29, 1.82) is 0 Å². The predicted molar refractivity (Wildman–Crippen MR) is 141 cm³/mol. The number of benzene rings is 3. The van der Waals surface area contributed by atoms with Gasteiger partial charge in [0.15, 0.2) is 5.65 Å². The first-order valence-corrected chi connectivity index (χ1v) is 12.4. The minimum atomic E-state index is 0.861. The monoisotopic (exact) mass is 466 g/mol. The van der Waals surface area contributed by atoms with E-state index >= 15 is 0 Å². The summed E-state index contributed by atoms with van der Waals surface area (Å²) >= 11 is 1.63. The maximum absolute atomic E-state index is 4.84. The van der Waals surface area contributed by atoms with Gasteiger partial charge in [-0.1, -0.05) is 42.5 Å². The van der Waals surface area contributed by atoms with Gasteiger partial charge in [0.05, 0.1) is 6.20 Å². The van der Waals surface area contributed by atoms with Gasteiger partial charge in [0, 0.05) is 60.3 Å².